The van der Waals surface area contributed by atoms with E-state index in [1.54, 1.807) is 6.20 Å². The van der Waals surface area contributed by atoms with E-state index in [-0.39, 0.29) is 5.91 Å². The van der Waals surface area contributed by atoms with Crippen LogP contribution in [0.1, 0.15) is 33.6 Å². The quantitative estimate of drug-likeness (QED) is 0.443. The predicted molar refractivity (Wildman–Crippen MR) is 137 cm³/mol. The zero-order chi connectivity index (χ0) is 24.8. The van der Waals surface area contributed by atoms with E-state index in [1.165, 1.54) is 18.4 Å². The van der Waals surface area contributed by atoms with E-state index >= 15 is 0 Å². The van der Waals surface area contributed by atoms with Crippen LogP contribution in [0.3, 0.4) is 0 Å². The Morgan fingerprint density at radius 2 is 2.03 bits per heavy atom. The Balaban J connectivity index is 1.49. The summed E-state index contributed by atoms with van der Waals surface area (Å²) in [7, 11) is 1.33. The molecule has 0 atom stereocenters. The monoisotopic (exact) mass is 500 g/mol. The fraction of sp³-hybridized carbons (Fsp3) is 0.269. The lowest BCUT2D eigenvalue weighted by molar-refractivity contribution is 0.0651. The number of carbonyl (C=O) groups is 2. The molecule has 4 aromatic rings. The highest BCUT2D eigenvalue weighted by Crippen LogP contribution is 2.44. The van der Waals surface area contributed by atoms with Crippen LogP contribution in [0.4, 0.5) is 9.93 Å². The van der Waals surface area contributed by atoms with Gasteiger partial charge < -0.3 is 9.64 Å². The van der Waals surface area contributed by atoms with Crippen LogP contribution in [-0.2, 0) is 17.6 Å². The summed E-state index contributed by atoms with van der Waals surface area (Å²) in [5, 5.41) is 8.25. The number of thiazole rings is 1. The van der Waals surface area contributed by atoms with Gasteiger partial charge in [-0.3, -0.25) is 15.1 Å². The molecule has 1 aliphatic carbocycles. The summed E-state index contributed by atoms with van der Waals surface area (Å²) >= 11 is 1.41. The van der Waals surface area contributed by atoms with Gasteiger partial charge in [-0.05, 0) is 62.1 Å². The molecule has 3 aromatic heterocycles. The third kappa shape index (κ3) is 3.74. The third-order valence-corrected chi connectivity index (χ3v) is 7.67. The van der Waals surface area contributed by atoms with Crippen molar-refractivity contribution in [3.63, 3.8) is 0 Å². The lowest BCUT2D eigenvalue weighted by atomic mass is 9.95. The highest BCUT2D eigenvalue weighted by Gasteiger charge is 2.31. The van der Waals surface area contributed by atoms with Crippen molar-refractivity contribution < 1.29 is 14.3 Å². The van der Waals surface area contributed by atoms with Gasteiger partial charge in [0.2, 0.25) is 0 Å². The minimum atomic E-state index is -0.552. The van der Waals surface area contributed by atoms with Gasteiger partial charge in [0.1, 0.15) is 0 Å². The average Bonchev–Trinajstić information content (AvgIpc) is 3.44. The van der Waals surface area contributed by atoms with Gasteiger partial charge in [-0.25, -0.2) is 14.5 Å². The van der Waals surface area contributed by atoms with Gasteiger partial charge in [-0.15, -0.1) is 0 Å². The van der Waals surface area contributed by atoms with Crippen molar-refractivity contribution in [2.75, 3.05) is 25.5 Å². The molecule has 1 aliphatic heterocycles. The maximum absolute atomic E-state index is 12.8. The minimum absolute atomic E-state index is 0.0673. The van der Waals surface area contributed by atoms with Gasteiger partial charge in [0.15, 0.2) is 5.13 Å². The van der Waals surface area contributed by atoms with Crippen LogP contribution >= 0.6 is 11.3 Å². The molecular formula is C26H24N6O3S. The summed E-state index contributed by atoms with van der Waals surface area (Å²) in [6.45, 7) is 3.63. The second-order valence-corrected chi connectivity index (χ2v) is 9.89. The summed E-state index contributed by atoms with van der Waals surface area (Å²) in [5.41, 5.74) is 7.33. The average molecular weight is 501 g/mol. The first-order chi connectivity index (χ1) is 17.5. The Hall–Kier alpha value is -4.05. The fourth-order valence-corrected chi connectivity index (χ4v) is 5.75. The van der Waals surface area contributed by atoms with Crippen LogP contribution in [0, 0.1) is 6.92 Å². The number of benzene rings is 1. The number of anilines is 1. The van der Waals surface area contributed by atoms with Gasteiger partial charge in [-0.2, -0.15) is 5.10 Å². The minimum Gasteiger partial charge on any atom is -0.453 e. The van der Waals surface area contributed by atoms with Crippen molar-refractivity contribution >= 4 is 28.5 Å². The number of hydrogen-bond donors (Lipinski definition) is 1. The van der Waals surface area contributed by atoms with E-state index < -0.39 is 6.09 Å². The Labute approximate surface area is 211 Å². The van der Waals surface area contributed by atoms with Gasteiger partial charge in [0, 0.05) is 42.2 Å². The molecule has 0 spiro atoms. The Kier molecular flexibility index (Phi) is 5.52. The van der Waals surface area contributed by atoms with Crippen LogP contribution in [0.5, 0.6) is 0 Å². The first-order valence-corrected chi connectivity index (χ1v) is 12.6. The number of aromatic nitrogens is 4. The number of amides is 2. The molecule has 0 saturated carbocycles. The van der Waals surface area contributed by atoms with Gasteiger partial charge in [0.25, 0.3) is 5.91 Å². The fourth-order valence-electron chi connectivity index (χ4n) is 4.70. The molecule has 1 fully saturated rings. The summed E-state index contributed by atoms with van der Waals surface area (Å²) in [5.74, 6) is 0.0673. The van der Waals surface area contributed by atoms with Gasteiger partial charge in [0.05, 0.1) is 34.8 Å². The molecule has 0 unspecified atom stereocenters. The van der Waals surface area contributed by atoms with E-state index in [1.807, 2.05) is 53.0 Å². The molecule has 36 heavy (non-hydrogen) atoms. The van der Waals surface area contributed by atoms with E-state index in [9.17, 15) is 9.59 Å². The molecule has 9 nitrogen and oxygen atoms in total. The number of nitrogens with one attached hydrogen (secondary N) is 1. The van der Waals surface area contributed by atoms with E-state index in [4.69, 9.17) is 9.84 Å². The first-order valence-electron chi connectivity index (χ1n) is 11.8. The van der Waals surface area contributed by atoms with Crippen molar-refractivity contribution in [3.8, 4) is 27.5 Å². The molecule has 2 aliphatic rings. The SMILES string of the molecule is COC(=O)Nc1nc2c(s1)-c1c(c(-c3cccnc3)nn1-c1ccc(C(=O)N3CCC3)cc1C)CC2. The Morgan fingerprint density at radius 1 is 1.17 bits per heavy atom. The highest BCUT2D eigenvalue weighted by molar-refractivity contribution is 7.19. The zero-order valence-electron chi connectivity index (χ0n) is 19.9. The lowest BCUT2D eigenvalue weighted by Crippen LogP contribution is -2.42. The molecule has 6 rings (SSSR count). The van der Waals surface area contributed by atoms with Crippen molar-refractivity contribution in [2.45, 2.75) is 26.2 Å². The molecule has 1 N–H and O–H groups in total. The second kappa shape index (κ2) is 8.87. The summed E-state index contributed by atoms with van der Waals surface area (Å²) in [4.78, 5) is 36.4. The third-order valence-electron chi connectivity index (χ3n) is 6.65. The number of aryl methyl sites for hydroxylation is 2. The number of ether oxygens (including phenoxy) is 1. The van der Waals surface area contributed by atoms with Gasteiger partial charge >= 0.3 is 6.09 Å². The molecular weight excluding hydrogens is 476 g/mol. The molecule has 0 radical (unpaired) electrons. The van der Waals surface area contributed by atoms with Crippen molar-refractivity contribution in [3.05, 3.63) is 65.1 Å². The normalized spacial score (nSPS) is 14.0. The maximum atomic E-state index is 12.8. The summed E-state index contributed by atoms with van der Waals surface area (Å²) < 4.78 is 6.69. The number of fused-ring (bicyclic) bond motifs is 3. The molecule has 182 valence electrons. The number of hydrogen-bond acceptors (Lipinski definition) is 7. The largest absolute Gasteiger partial charge is 0.453 e. The number of pyridine rings is 1. The first kappa shape index (κ1) is 22.4. The maximum Gasteiger partial charge on any atom is 0.413 e. The van der Waals surface area contributed by atoms with Crippen LogP contribution in [-0.4, -0.2) is 56.8 Å². The van der Waals surface area contributed by atoms with Crippen LogP contribution in [0.25, 0.3) is 27.5 Å². The smallest absolute Gasteiger partial charge is 0.413 e. The number of rotatable bonds is 4. The van der Waals surface area contributed by atoms with E-state index in [0.717, 1.165) is 76.7 Å². The predicted octanol–water partition coefficient (Wildman–Crippen LogP) is 4.49. The number of nitrogens with zero attached hydrogens (tertiary/aromatic N) is 5. The topological polar surface area (TPSA) is 102 Å². The molecule has 2 amide bonds. The van der Waals surface area contributed by atoms with Crippen molar-refractivity contribution in [1.29, 1.82) is 0 Å². The van der Waals surface area contributed by atoms with Crippen LogP contribution in [0.2, 0.25) is 0 Å². The number of carbonyl (C=O) groups excluding carboxylic acids is 2. The molecule has 0 bridgehead atoms. The second-order valence-electron chi connectivity index (χ2n) is 8.89. The molecule has 1 saturated heterocycles. The molecule has 4 heterocycles. The van der Waals surface area contributed by atoms with Crippen LogP contribution in [0.15, 0.2) is 42.7 Å². The van der Waals surface area contributed by atoms with E-state index in [2.05, 4.69) is 15.3 Å². The Morgan fingerprint density at radius 3 is 2.72 bits per heavy atom. The van der Waals surface area contributed by atoms with Gasteiger partial charge in [-0.1, -0.05) is 11.3 Å². The standard InChI is InChI=1S/C26H24N6O3S/c1-15-13-16(24(33)31-11-4-12-31)6-9-20(15)32-22-18(21(30-32)17-5-3-10-27-14-17)7-8-19-23(22)36-25(28-19)29-26(34)35-2/h3,5-6,9-10,13-14H,4,7-8,11-12H2,1-2H3,(H,28,29,34). The van der Waals surface area contributed by atoms with Crippen molar-refractivity contribution in [2.24, 2.45) is 0 Å². The van der Waals surface area contributed by atoms with E-state index in [0.29, 0.717) is 10.7 Å². The highest BCUT2D eigenvalue weighted by atomic mass is 32.1. The Bertz CT molecular complexity index is 1490. The summed E-state index contributed by atoms with van der Waals surface area (Å²) in [6, 6.07) is 9.69. The zero-order valence-corrected chi connectivity index (χ0v) is 20.8. The van der Waals surface area contributed by atoms with Crippen molar-refractivity contribution in [1.82, 2.24) is 24.6 Å². The molecule has 1 aromatic carbocycles. The number of likely N-dealkylation sites (tertiary alicyclic amines) is 1. The summed E-state index contributed by atoms with van der Waals surface area (Å²) in [6.07, 6.45) is 5.58. The number of methoxy groups -OCH3 is 1. The van der Waals surface area contributed by atoms with Crippen LogP contribution < -0.4 is 5.32 Å². The molecule has 10 heteroatoms. The lowest BCUT2D eigenvalue weighted by Gasteiger charge is -2.31.